The standard InChI is InChI=1S/C54H43N3/c1-53(2)27-28-54(3,4)45-32-49-42(31-44(45)53)41-30-43-51(56(36-18-9-6-10-19-36)48-25-23-34-15-11-12-20-38(34)52(43)48)33-50(41)57(49)37-24-26-47-40(29-37)39-21-13-14-22-46(39)55(47)35-16-7-5-8-17-35/h5-26,29-33H,27-28H2,1-4H3. The number of rotatable bonds is 3. The molecule has 3 heterocycles. The molecule has 0 fully saturated rings. The summed E-state index contributed by atoms with van der Waals surface area (Å²) in [5, 5.41) is 10.3. The van der Waals surface area contributed by atoms with Gasteiger partial charge in [-0.25, -0.2) is 0 Å². The van der Waals surface area contributed by atoms with Crippen molar-refractivity contribution in [3.63, 3.8) is 0 Å². The van der Waals surface area contributed by atoms with Gasteiger partial charge in [0.15, 0.2) is 0 Å². The Balaban J connectivity index is 1.25. The predicted molar refractivity (Wildman–Crippen MR) is 242 cm³/mol. The zero-order valence-corrected chi connectivity index (χ0v) is 32.8. The van der Waals surface area contributed by atoms with Gasteiger partial charge in [-0.1, -0.05) is 113 Å². The molecule has 0 saturated carbocycles. The Morgan fingerprint density at radius 2 is 0.842 bits per heavy atom. The molecule has 0 N–H and O–H groups in total. The van der Waals surface area contributed by atoms with E-state index in [2.05, 4.69) is 205 Å². The zero-order chi connectivity index (χ0) is 38.2. The van der Waals surface area contributed by atoms with Gasteiger partial charge < -0.3 is 13.7 Å². The Morgan fingerprint density at radius 3 is 1.58 bits per heavy atom. The van der Waals surface area contributed by atoms with Crippen molar-refractivity contribution in [2.24, 2.45) is 0 Å². The Labute approximate surface area is 332 Å². The zero-order valence-electron chi connectivity index (χ0n) is 32.8. The van der Waals surface area contributed by atoms with Crippen molar-refractivity contribution in [1.29, 1.82) is 0 Å². The van der Waals surface area contributed by atoms with Gasteiger partial charge in [-0.2, -0.15) is 0 Å². The van der Waals surface area contributed by atoms with Gasteiger partial charge in [0.05, 0.1) is 33.1 Å². The van der Waals surface area contributed by atoms with Crippen molar-refractivity contribution < 1.29 is 0 Å². The molecule has 11 aromatic rings. The third kappa shape index (κ3) is 4.54. The largest absolute Gasteiger partial charge is 0.309 e. The molecule has 0 saturated heterocycles. The molecule has 0 spiro atoms. The van der Waals surface area contributed by atoms with Gasteiger partial charge in [0.2, 0.25) is 0 Å². The van der Waals surface area contributed by atoms with Crippen LogP contribution in [0.4, 0.5) is 0 Å². The number of hydrogen-bond acceptors (Lipinski definition) is 0. The molecule has 1 aliphatic rings. The molecular weight excluding hydrogens is 691 g/mol. The topological polar surface area (TPSA) is 14.8 Å². The van der Waals surface area contributed by atoms with Gasteiger partial charge in [0.25, 0.3) is 0 Å². The highest BCUT2D eigenvalue weighted by molar-refractivity contribution is 6.25. The van der Waals surface area contributed by atoms with Crippen LogP contribution in [0, 0.1) is 0 Å². The van der Waals surface area contributed by atoms with Gasteiger partial charge in [-0.3, -0.25) is 0 Å². The quantitative estimate of drug-likeness (QED) is 0.172. The highest BCUT2D eigenvalue weighted by atomic mass is 15.0. The van der Waals surface area contributed by atoms with E-state index in [4.69, 9.17) is 0 Å². The monoisotopic (exact) mass is 733 g/mol. The Hall–Kier alpha value is -6.58. The average molecular weight is 734 g/mol. The third-order valence-corrected chi connectivity index (χ3v) is 13.5. The molecule has 0 bridgehead atoms. The molecule has 0 amide bonds. The summed E-state index contributed by atoms with van der Waals surface area (Å²) < 4.78 is 7.46. The minimum Gasteiger partial charge on any atom is -0.309 e. The van der Waals surface area contributed by atoms with Crippen molar-refractivity contribution in [2.45, 2.75) is 51.4 Å². The fourth-order valence-corrected chi connectivity index (χ4v) is 10.4. The molecule has 3 heteroatoms. The molecule has 0 atom stereocenters. The van der Waals surface area contributed by atoms with Crippen LogP contribution in [0.2, 0.25) is 0 Å². The minimum atomic E-state index is 0.0805. The number of fused-ring (bicyclic) bond motifs is 12. The van der Waals surface area contributed by atoms with Crippen LogP contribution < -0.4 is 0 Å². The van der Waals surface area contributed by atoms with Crippen molar-refractivity contribution in [3.05, 3.63) is 175 Å². The van der Waals surface area contributed by atoms with E-state index in [9.17, 15) is 0 Å². The maximum Gasteiger partial charge on any atom is 0.0562 e. The lowest BCUT2D eigenvalue weighted by atomic mass is 9.63. The van der Waals surface area contributed by atoms with E-state index in [-0.39, 0.29) is 10.8 Å². The van der Waals surface area contributed by atoms with Crippen LogP contribution in [0.1, 0.15) is 51.7 Å². The maximum absolute atomic E-state index is 2.57. The highest BCUT2D eigenvalue weighted by Crippen LogP contribution is 2.50. The van der Waals surface area contributed by atoms with Crippen LogP contribution >= 0.6 is 0 Å². The molecule has 8 aromatic carbocycles. The smallest absolute Gasteiger partial charge is 0.0562 e. The van der Waals surface area contributed by atoms with E-state index >= 15 is 0 Å². The highest BCUT2D eigenvalue weighted by Gasteiger charge is 2.38. The predicted octanol–water partition coefficient (Wildman–Crippen LogP) is 14.5. The Morgan fingerprint density at radius 1 is 0.333 bits per heavy atom. The summed E-state index contributed by atoms with van der Waals surface area (Å²) in [5.74, 6) is 0. The number of aromatic nitrogens is 3. The van der Waals surface area contributed by atoms with E-state index in [0.29, 0.717) is 0 Å². The van der Waals surface area contributed by atoms with Crippen molar-refractivity contribution in [2.75, 3.05) is 0 Å². The molecule has 57 heavy (non-hydrogen) atoms. The summed E-state index contributed by atoms with van der Waals surface area (Å²) in [6.07, 6.45) is 2.36. The van der Waals surface area contributed by atoms with Crippen LogP contribution in [0.3, 0.4) is 0 Å². The molecule has 3 aromatic heterocycles. The van der Waals surface area contributed by atoms with E-state index in [1.165, 1.54) is 117 Å². The summed E-state index contributed by atoms with van der Waals surface area (Å²) in [6.45, 7) is 9.78. The molecule has 0 radical (unpaired) electrons. The first-order chi connectivity index (χ1) is 27.8. The van der Waals surface area contributed by atoms with Gasteiger partial charge in [0.1, 0.15) is 0 Å². The van der Waals surface area contributed by atoms with E-state index in [1.54, 1.807) is 0 Å². The summed E-state index contributed by atoms with van der Waals surface area (Å²) >= 11 is 0. The number of hydrogen-bond donors (Lipinski definition) is 0. The summed E-state index contributed by atoms with van der Waals surface area (Å²) in [7, 11) is 0. The molecule has 3 nitrogen and oxygen atoms in total. The first-order valence-corrected chi connectivity index (χ1v) is 20.4. The molecule has 0 unspecified atom stereocenters. The third-order valence-electron chi connectivity index (χ3n) is 13.5. The molecular formula is C54H43N3. The second-order valence-electron chi connectivity index (χ2n) is 17.6. The molecule has 274 valence electrons. The Bertz CT molecular complexity index is 3440. The first kappa shape index (κ1) is 32.6. The number of benzene rings is 8. The second kappa shape index (κ2) is 11.5. The molecule has 0 aliphatic heterocycles. The van der Waals surface area contributed by atoms with E-state index in [1.807, 2.05) is 0 Å². The van der Waals surface area contributed by atoms with Gasteiger partial charge >= 0.3 is 0 Å². The normalized spacial score (nSPS) is 15.2. The summed E-state index contributed by atoms with van der Waals surface area (Å²) in [5.41, 5.74) is 14.0. The number of nitrogens with zero attached hydrogens (tertiary/aromatic N) is 3. The van der Waals surface area contributed by atoms with Crippen molar-refractivity contribution >= 4 is 76.2 Å². The lowest BCUT2D eigenvalue weighted by Crippen LogP contribution is -2.33. The average Bonchev–Trinajstić information content (AvgIpc) is 3.86. The van der Waals surface area contributed by atoms with Gasteiger partial charge in [0, 0.05) is 49.4 Å². The van der Waals surface area contributed by atoms with Crippen LogP contribution in [-0.2, 0) is 10.8 Å². The van der Waals surface area contributed by atoms with E-state index < -0.39 is 0 Å². The lowest BCUT2D eigenvalue weighted by molar-refractivity contribution is 0.332. The second-order valence-corrected chi connectivity index (χ2v) is 17.6. The van der Waals surface area contributed by atoms with Crippen LogP contribution in [0.15, 0.2) is 164 Å². The van der Waals surface area contributed by atoms with Crippen molar-refractivity contribution in [1.82, 2.24) is 13.7 Å². The fraction of sp³-hybridized carbons (Fsp3) is 0.148. The van der Waals surface area contributed by atoms with E-state index in [0.717, 1.165) is 0 Å². The lowest BCUT2D eigenvalue weighted by Gasteiger charge is -2.42. The molecule has 12 rings (SSSR count). The van der Waals surface area contributed by atoms with Crippen LogP contribution in [-0.4, -0.2) is 13.7 Å². The van der Waals surface area contributed by atoms with Gasteiger partial charge in [-0.15, -0.1) is 0 Å². The van der Waals surface area contributed by atoms with Gasteiger partial charge in [-0.05, 0) is 124 Å². The maximum atomic E-state index is 2.57. The Kier molecular flexibility index (Phi) is 6.58. The summed E-state index contributed by atoms with van der Waals surface area (Å²) in [4.78, 5) is 0. The molecule has 1 aliphatic carbocycles. The van der Waals surface area contributed by atoms with Crippen molar-refractivity contribution in [3.8, 4) is 17.1 Å². The van der Waals surface area contributed by atoms with Crippen LogP contribution in [0.25, 0.3) is 93.3 Å². The van der Waals surface area contributed by atoms with Crippen LogP contribution in [0.5, 0.6) is 0 Å². The number of para-hydroxylation sites is 3. The fourth-order valence-electron chi connectivity index (χ4n) is 10.4. The minimum absolute atomic E-state index is 0.0805. The first-order valence-electron chi connectivity index (χ1n) is 20.4. The summed E-state index contributed by atoms with van der Waals surface area (Å²) in [6, 6.07) is 61.2. The SMILES string of the molecule is CC1(C)CCC(C)(C)c2cc3c(cc21)c1cc2c4c5ccccc5ccc4n(-c4ccccc4)c2cc1n3-c1ccc2c(c1)c1ccccc1n2-c1ccccc1.